The average molecular weight is 359 g/mol. The summed E-state index contributed by atoms with van der Waals surface area (Å²) < 4.78 is 12.7. The van der Waals surface area contributed by atoms with Crippen molar-refractivity contribution in [2.24, 2.45) is 14.1 Å². The summed E-state index contributed by atoms with van der Waals surface area (Å²) in [4.78, 5) is 35.5. The largest absolute Gasteiger partial charge is 0.493 e. The van der Waals surface area contributed by atoms with Gasteiger partial charge in [0, 0.05) is 31.9 Å². The molecule has 0 spiro atoms. The van der Waals surface area contributed by atoms with Crippen LogP contribution in [-0.2, 0) is 25.4 Å². The van der Waals surface area contributed by atoms with Crippen molar-refractivity contribution in [3.05, 3.63) is 62.4 Å². The van der Waals surface area contributed by atoms with Crippen LogP contribution in [0.4, 0.5) is 0 Å². The molecule has 0 aliphatic carbocycles. The number of hydrogen-bond acceptors (Lipinski definition) is 5. The van der Waals surface area contributed by atoms with Gasteiger partial charge >= 0.3 is 5.69 Å². The Kier molecular flexibility index (Phi) is 6.00. The molecule has 138 valence electrons. The van der Waals surface area contributed by atoms with E-state index >= 15 is 0 Å². The number of carbonyl (C=O) groups excluding carboxylic acids is 1. The summed E-state index contributed by atoms with van der Waals surface area (Å²) in [6, 6.07) is 6.59. The number of methoxy groups -OCH3 is 2. The summed E-state index contributed by atoms with van der Waals surface area (Å²) in [5.74, 6) is 0.804. The Bertz CT molecular complexity index is 956. The quantitative estimate of drug-likeness (QED) is 0.756. The summed E-state index contributed by atoms with van der Waals surface area (Å²) in [6.45, 7) is 0.0664. The molecular weight excluding hydrogens is 338 g/mol. The molecule has 2 aromatic rings. The summed E-state index contributed by atoms with van der Waals surface area (Å²) >= 11 is 0. The van der Waals surface area contributed by atoms with Crippen LogP contribution in [0.5, 0.6) is 11.5 Å². The van der Waals surface area contributed by atoms with E-state index < -0.39 is 11.2 Å². The molecule has 0 aliphatic rings. The molecule has 1 aromatic carbocycles. The van der Waals surface area contributed by atoms with Gasteiger partial charge < -0.3 is 14.8 Å². The first-order chi connectivity index (χ1) is 12.4. The van der Waals surface area contributed by atoms with E-state index in [1.165, 1.54) is 30.9 Å². The van der Waals surface area contributed by atoms with E-state index in [1.807, 2.05) is 0 Å². The zero-order chi connectivity index (χ0) is 19.3. The predicted molar refractivity (Wildman–Crippen MR) is 97.4 cm³/mol. The summed E-state index contributed by atoms with van der Waals surface area (Å²) in [5, 5.41) is 2.65. The lowest BCUT2D eigenvalue weighted by Crippen LogP contribution is -2.39. The van der Waals surface area contributed by atoms with Gasteiger partial charge in [0.1, 0.15) is 0 Å². The Hall–Kier alpha value is -3.29. The number of benzene rings is 1. The fourth-order valence-electron chi connectivity index (χ4n) is 2.31. The second-order valence-corrected chi connectivity index (χ2v) is 5.54. The lowest BCUT2D eigenvalue weighted by atomic mass is 10.2. The molecule has 0 unspecified atom stereocenters. The van der Waals surface area contributed by atoms with Crippen molar-refractivity contribution in [1.29, 1.82) is 0 Å². The predicted octanol–water partition coefficient (Wildman–Crippen LogP) is 0.431. The highest BCUT2D eigenvalue weighted by molar-refractivity contribution is 5.91. The molecule has 8 nitrogen and oxygen atoms in total. The van der Waals surface area contributed by atoms with Gasteiger partial charge in [0.2, 0.25) is 5.91 Å². The normalized spacial score (nSPS) is 10.8. The summed E-state index contributed by atoms with van der Waals surface area (Å²) in [6.07, 6.45) is 2.99. The maximum atomic E-state index is 12.0. The zero-order valence-corrected chi connectivity index (χ0v) is 15.1. The van der Waals surface area contributed by atoms with Crippen LogP contribution in [0.25, 0.3) is 6.08 Å². The van der Waals surface area contributed by atoms with Crippen molar-refractivity contribution < 1.29 is 14.3 Å². The molecular formula is C18H21N3O5. The van der Waals surface area contributed by atoms with Crippen molar-refractivity contribution in [2.45, 2.75) is 6.54 Å². The van der Waals surface area contributed by atoms with Crippen molar-refractivity contribution >= 4 is 12.0 Å². The molecule has 1 aromatic heterocycles. The van der Waals surface area contributed by atoms with Crippen LogP contribution in [0, 0.1) is 0 Å². The summed E-state index contributed by atoms with van der Waals surface area (Å²) in [7, 11) is 6.03. The van der Waals surface area contributed by atoms with E-state index in [9.17, 15) is 14.4 Å². The third kappa shape index (κ3) is 4.21. The third-order valence-electron chi connectivity index (χ3n) is 3.90. The van der Waals surface area contributed by atoms with Gasteiger partial charge in [-0.15, -0.1) is 0 Å². The molecule has 0 saturated heterocycles. The molecule has 2 rings (SSSR count). The number of ether oxygens (including phenoxy) is 2. The number of hydrogen-bond donors (Lipinski definition) is 1. The highest BCUT2D eigenvalue weighted by Gasteiger charge is 2.07. The second kappa shape index (κ2) is 8.19. The van der Waals surface area contributed by atoms with E-state index in [0.29, 0.717) is 17.2 Å². The minimum absolute atomic E-state index is 0.0664. The average Bonchev–Trinajstić information content (AvgIpc) is 2.66. The fraction of sp³-hybridized carbons (Fsp3) is 0.278. The van der Waals surface area contributed by atoms with Gasteiger partial charge in [-0.3, -0.25) is 18.7 Å². The van der Waals surface area contributed by atoms with Crippen LogP contribution in [-0.4, -0.2) is 29.3 Å². The highest BCUT2D eigenvalue weighted by atomic mass is 16.5. The summed E-state index contributed by atoms with van der Waals surface area (Å²) in [5.41, 5.74) is 0.325. The Labute approximate surface area is 150 Å². The molecule has 0 bridgehead atoms. The van der Waals surface area contributed by atoms with Crippen molar-refractivity contribution in [3.8, 4) is 11.5 Å². The fourth-order valence-corrected chi connectivity index (χ4v) is 2.31. The number of nitrogens with zero attached hydrogens (tertiary/aromatic N) is 2. The van der Waals surface area contributed by atoms with Crippen LogP contribution in [0.15, 0.2) is 39.9 Å². The van der Waals surface area contributed by atoms with Crippen LogP contribution >= 0.6 is 0 Å². The topological polar surface area (TPSA) is 91.6 Å². The Morgan fingerprint density at radius 3 is 2.42 bits per heavy atom. The highest BCUT2D eigenvalue weighted by Crippen LogP contribution is 2.27. The molecule has 1 amide bonds. The van der Waals surface area contributed by atoms with E-state index in [2.05, 4.69) is 5.32 Å². The van der Waals surface area contributed by atoms with E-state index in [-0.39, 0.29) is 12.5 Å². The second-order valence-electron chi connectivity index (χ2n) is 5.54. The van der Waals surface area contributed by atoms with Crippen LogP contribution in [0.1, 0.15) is 11.3 Å². The first kappa shape index (κ1) is 19.0. The molecule has 1 N–H and O–H groups in total. The first-order valence-electron chi connectivity index (χ1n) is 7.81. The lowest BCUT2D eigenvalue weighted by Gasteiger charge is -2.09. The number of rotatable bonds is 6. The van der Waals surface area contributed by atoms with Crippen molar-refractivity contribution in [1.82, 2.24) is 14.5 Å². The maximum Gasteiger partial charge on any atom is 0.330 e. The SMILES string of the molecule is COc1ccc(/C=C/C(=O)NCc2cc(=O)n(C)c(=O)n2C)cc1OC. The van der Waals surface area contributed by atoms with Gasteiger partial charge in [0.25, 0.3) is 5.56 Å². The first-order valence-corrected chi connectivity index (χ1v) is 7.81. The molecule has 8 heteroatoms. The number of amides is 1. The van der Waals surface area contributed by atoms with E-state index in [4.69, 9.17) is 9.47 Å². The van der Waals surface area contributed by atoms with Gasteiger partial charge in [-0.1, -0.05) is 6.07 Å². The van der Waals surface area contributed by atoms with Gasteiger partial charge in [-0.25, -0.2) is 4.79 Å². The van der Waals surface area contributed by atoms with E-state index in [0.717, 1.165) is 10.1 Å². The standard InChI is InChI=1S/C18H21N3O5/c1-20-13(10-17(23)21(2)18(20)24)11-19-16(22)8-6-12-5-7-14(25-3)15(9-12)26-4/h5-10H,11H2,1-4H3,(H,19,22)/b8-6+. The molecule has 1 heterocycles. The van der Waals surface area contributed by atoms with Crippen molar-refractivity contribution in [2.75, 3.05) is 14.2 Å². The van der Waals surface area contributed by atoms with Crippen LogP contribution in [0.3, 0.4) is 0 Å². The smallest absolute Gasteiger partial charge is 0.330 e. The van der Waals surface area contributed by atoms with Gasteiger partial charge in [0.05, 0.1) is 20.8 Å². The molecule has 0 aliphatic heterocycles. The molecule has 0 radical (unpaired) electrons. The number of carbonyl (C=O) groups is 1. The molecule has 0 atom stereocenters. The van der Waals surface area contributed by atoms with Crippen LogP contribution < -0.4 is 26.0 Å². The maximum absolute atomic E-state index is 12.0. The van der Waals surface area contributed by atoms with Gasteiger partial charge in [-0.05, 0) is 23.8 Å². The number of aromatic nitrogens is 2. The minimum Gasteiger partial charge on any atom is -0.493 e. The van der Waals surface area contributed by atoms with Crippen molar-refractivity contribution in [3.63, 3.8) is 0 Å². The third-order valence-corrected chi connectivity index (χ3v) is 3.90. The van der Waals surface area contributed by atoms with E-state index in [1.54, 1.807) is 38.4 Å². The number of nitrogens with one attached hydrogen (secondary N) is 1. The molecule has 26 heavy (non-hydrogen) atoms. The lowest BCUT2D eigenvalue weighted by molar-refractivity contribution is -0.116. The molecule has 0 saturated carbocycles. The molecule has 0 fully saturated rings. The monoisotopic (exact) mass is 359 g/mol. The Morgan fingerprint density at radius 1 is 1.08 bits per heavy atom. The zero-order valence-electron chi connectivity index (χ0n) is 15.1. The Balaban J connectivity index is 2.07. The Morgan fingerprint density at radius 2 is 1.77 bits per heavy atom. The minimum atomic E-state index is -0.442. The van der Waals surface area contributed by atoms with Gasteiger partial charge in [-0.2, -0.15) is 0 Å². The van der Waals surface area contributed by atoms with Gasteiger partial charge in [0.15, 0.2) is 11.5 Å². The van der Waals surface area contributed by atoms with Crippen LogP contribution in [0.2, 0.25) is 0 Å².